The molecule has 1 aromatic heterocycles. The number of benzene rings is 2. The summed E-state index contributed by atoms with van der Waals surface area (Å²) in [5.41, 5.74) is 1.71. The van der Waals surface area contributed by atoms with E-state index in [2.05, 4.69) is 33.5 Å². The van der Waals surface area contributed by atoms with Crippen LogP contribution < -0.4 is 9.47 Å². The number of nitrogens with zero attached hydrogens (tertiary/aromatic N) is 5. The summed E-state index contributed by atoms with van der Waals surface area (Å²) in [5, 5.41) is 3.87. The SMILES string of the molecule is C=C(C)C(=Nc1ccc(C(=O)N(C)C(C)CCN(C)CC)cc1OC)N=C(Oc1ccccc1-c1ccon1)C(C)C(F)(F)F. The normalized spacial score (nSPS) is 13.8. The van der Waals surface area contributed by atoms with Crippen molar-refractivity contribution < 1.29 is 32.0 Å². The summed E-state index contributed by atoms with van der Waals surface area (Å²) in [7, 11) is 5.19. The first-order valence-electron chi connectivity index (χ1n) is 14.5. The first kappa shape index (κ1) is 35.0. The Bertz CT molecular complexity index is 1520. The predicted octanol–water partition coefficient (Wildman–Crippen LogP) is 7.43. The Balaban J connectivity index is 2.00. The van der Waals surface area contributed by atoms with Crippen molar-refractivity contribution in [1.82, 2.24) is 15.0 Å². The molecule has 0 aliphatic rings. The van der Waals surface area contributed by atoms with E-state index < -0.39 is 18.0 Å². The number of alkyl halides is 3. The lowest BCUT2D eigenvalue weighted by Crippen LogP contribution is -2.37. The number of carbonyl (C=O) groups excluding carboxylic acids is 1. The van der Waals surface area contributed by atoms with Crippen LogP contribution in [0.5, 0.6) is 11.5 Å². The molecule has 1 amide bonds. The van der Waals surface area contributed by atoms with Crippen LogP contribution in [0, 0.1) is 5.92 Å². The molecule has 242 valence electrons. The van der Waals surface area contributed by atoms with Gasteiger partial charge >= 0.3 is 6.18 Å². The number of aliphatic imine (C=N–C) groups is 2. The van der Waals surface area contributed by atoms with Crippen molar-refractivity contribution in [2.75, 3.05) is 34.3 Å². The third-order valence-electron chi connectivity index (χ3n) is 7.38. The van der Waals surface area contributed by atoms with E-state index in [1.54, 1.807) is 61.3 Å². The average molecular weight is 628 g/mol. The molecule has 0 bridgehead atoms. The summed E-state index contributed by atoms with van der Waals surface area (Å²) in [4.78, 5) is 25.8. The zero-order chi connectivity index (χ0) is 33.3. The minimum Gasteiger partial charge on any atom is -0.494 e. The molecule has 3 rings (SSSR count). The van der Waals surface area contributed by atoms with E-state index in [-0.39, 0.29) is 40.5 Å². The molecule has 2 aromatic carbocycles. The van der Waals surface area contributed by atoms with Crippen LogP contribution in [0.2, 0.25) is 0 Å². The van der Waals surface area contributed by atoms with E-state index in [1.807, 2.05) is 14.0 Å². The number of carbonyl (C=O) groups is 1. The maximum Gasteiger partial charge on any atom is 0.400 e. The largest absolute Gasteiger partial charge is 0.494 e. The Morgan fingerprint density at radius 3 is 2.42 bits per heavy atom. The van der Waals surface area contributed by atoms with Gasteiger partial charge in [-0.25, -0.2) is 4.99 Å². The molecule has 1 heterocycles. The molecule has 2 unspecified atom stereocenters. The van der Waals surface area contributed by atoms with Crippen molar-refractivity contribution in [3.63, 3.8) is 0 Å². The van der Waals surface area contributed by atoms with Crippen LogP contribution in [0.3, 0.4) is 0 Å². The van der Waals surface area contributed by atoms with Crippen LogP contribution in [-0.4, -0.2) is 79.1 Å². The van der Waals surface area contributed by atoms with Gasteiger partial charge in [-0.05, 0) is 83.2 Å². The van der Waals surface area contributed by atoms with Crippen LogP contribution in [0.4, 0.5) is 18.9 Å². The van der Waals surface area contributed by atoms with Gasteiger partial charge < -0.3 is 23.8 Å². The van der Waals surface area contributed by atoms with Crippen molar-refractivity contribution in [3.05, 3.63) is 72.5 Å². The summed E-state index contributed by atoms with van der Waals surface area (Å²) in [6.07, 6.45) is -2.52. The standard InChI is InChI=1S/C33H40F3N5O4/c1-9-40(6)18-16-22(4)41(7)32(42)24-14-15-27(29(20-24)43-8)37-30(21(2)3)38-31(23(5)33(34,35)36)45-28-13-11-10-12-25(28)26-17-19-44-39-26/h10-15,17,19-20,22-23H,2,9,16,18H2,1,3-8H3. The number of rotatable bonds is 12. The number of amidine groups is 1. The molecule has 0 aliphatic carbocycles. The average Bonchev–Trinajstić information content (AvgIpc) is 3.56. The maximum absolute atomic E-state index is 14.0. The van der Waals surface area contributed by atoms with Crippen molar-refractivity contribution in [1.29, 1.82) is 0 Å². The molecule has 9 nitrogen and oxygen atoms in total. The van der Waals surface area contributed by atoms with Crippen LogP contribution >= 0.6 is 0 Å². The molecule has 45 heavy (non-hydrogen) atoms. The van der Waals surface area contributed by atoms with Crippen molar-refractivity contribution >= 4 is 23.3 Å². The fraction of sp³-hybridized carbons (Fsp3) is 0.394. The molecule has 0 spiro atoms. The molecule has 3 aromatic rings. The first-order chi connectivity index (χ1) is 21.3. The molecule has 12 heteroatoms. The number of hydrogen-bond acceptors (Lipinski definition) is 7. The maximum atomic E-state index is 14.0. The lowest BCUT2D eigenvalue weighted by atomic mass is 10.1. The molecule has 0 fully saturated rings. The van der Waals surface area contributed by atoms with Crippen LogP contribution in [0.25, 0.3) is 11.3 Å². The van der Waals surface area contributed by atoms with Gasteiger partial charge in [-0.15, -0.1) is 0 Å². The molecule has 0 aliphatic heterocycles. The Morgan fingerprint density at radius 1 is 1.11 bits per heavy atom. The second-order valence-corrected chi connectivity index (χ2v) is 10.7. The van der Waals surface area contributed by atoms with Crippen LogP contribution in [0.15, 0.2) is 81.5 Å². The minimum absolute atomic E-state index is 0.0111. The van der Waals surface area contributed by atoms with Gasteiger partial charge in [0.25, 0.3) is 5.91 Å². The minimum atomic E-state index is -4.67. The zero-order valence-electron chi connectivity index (χ0n) is 26.7. The number of halogens is 3. The van der Waals surface area contributed by atoms with Gasteiger partial charge in [0.1, 0.15) is 35.1 Å². The van der Waals surface area contributed by atoms with Gasteiger partial charge in [0.2, 0.25) is 5.90 Å². The van der Waals surface area contributed by atoms with Crippen molar-refractivity contribution in [2.24, 2.45) is 15.9 Å². The van der Waals surface area contributed by atoms with Crippen LogP contribution in [0.1, 0.15) is 44.5 Å². The number of amides is 1. The highest BCUT2D eigenvalue weighted by atomic mass is 19.4. The smallest absolute Gasteiger partial charge is 0.400 e. The van der Waals surface area contributed by atoms with Crippen molar-refractivity contribution in [2.45, 2.75) is 46.3 Å². The third-order valence-corrected chi connectivity index (χ3v) is 7.38. The quantitative estimate of drug-likeness (QED) is 0.153. The van der Waals surface area contributed by atoms with E-state index in [9.17, 15) is 18.0 Å². The van der Waals surface area contributed by atoms with Crippen molar-refractivity contribution in [3.8, 4) is 22.8 Å². The lowest BCUT2D eigenvalue weighted by molar-refractivity contribution is -0.153. The summed E-state index contributed by atoms with van der Waals surface area (Å²) < 4.78 is 58.3. The van der Waals surface area contributed by atoms with Gasteiger partial charge in [0.05, 0.1) is 7.11 Å². The third kappa shape index (κ3) is 9.27. The first-order valence-corrected chi connectivity index (χ1v) is 14.5. The highest BCUT2D eigenvalue weighted by Crippen LogP contribution is 2.34. The molecule has 0 radical (unpaired) electrons. The second kappa shape index (κ2) is 15.5. The Hall–Kier alpha value is -4.45. The molecule has 0 saturated carbocycles. The monoisotopic (exact) mass is 627 g/mol. The molecule has 0 saturated heterocycles. The van der Waals surface area contributed by atoms with Crippen LogP contribution in [-0.2, 0) is 0 Å². The molecule has 2 atom stereocenters. The number of aromatic nitrogens is 1. The predicted molar refractivity (Wildman–Crippen MR) is 169 cm³/mol. The van der Waals surface area contributed by atoms with E-state index in [4.69, 9.17) is 14.0 Å². The molecule has 0 N–H and O–H groups in total. The second-order valence-electron chi connectivity index (χ2n) is 10.7. The van der Waals surface area contributed by atoms with E-state index >= 15 is 0 Å². The van der Waals surface area contributed by atoms with Gasteiger partial charge in [-0.2, -0.15) is 18.2 Å². The zero-order valence-corrected chi connectivity index (χ0v) is 26.7. The Labute approximate surface area is 262 Å². The summed E-state index contributed by atoms with van der Waals surface area (Å²) >= 11 is 0. The van der Waals surface area contributed by atoms with Gasteiger partial charge in [0, 0.05) is 30.3 Å². The van der Waals surface area contributed by atoms with E-state index in [1.165, 1.54) is 19.4 Å². The number of para-hydroxylation sites is 1. The summed E-state index contributed by atoms with van der Waals surface area (Å²) in [6.45, 7) is 12.2. The Morgan fingerprint density at radius 2 is 1.82 bits per heavy atom. The van der Waals surface area contributed by atoms with E-state index in [0.29, 0.717) is 16.8 Å². The lowest BCUT2D eigenvalue weighted by Gasteiger charge is -2.27. The molecular formula is C33H40F3N5O4. The summed E-state index contributed by atoms with van der Waals surface area (Å²) in [6, 6.07) is 12.7. The van der Waals surface area contributed by atoms with Gasteiger partial charge in [-0.1, -0.05) is 30.8 Å². The highest BCUT2D eigenvalue weighted by Gasteiger charge is 2.41. The fourth-order valence-electron chi connectivity index (χ4n) is 4.08. The number of hydrogen-bond donors (Lipinski definition) is 0. The van der Waals surface area contributed by atoms with Gasteiger partial charge in [0.15, 0.2) is 5.84 Å². The number of ether oxygens (including phenoxy) is 2. The highest BCUT2D eigenvalue weighted by molar-refractivity contribution is 6.06. The van der Waals surface area contributed by atoms with E-state index in [0.717, 1.165) is 26.4 Å². The fourth-order valence-corrected chi connectivity index (χ4v) is 4.08. The van der Waals surface area contributed by atoms with Gasteiger partial charge in [-0.3, -0.25) is 4.79 Å². The Kier molecular flexibility index (Phi) is 12.1. The number of methoxy groups -OCH3 is 1. The molecular weight excluding hydrogens is 587 g/mol. The topological polar surface area (TPSA) is 92.8 Å². The summed E-state index contributed by atoms with van der Waals surface area (Å²) in [5.74, 6) is -2.71.